The molecule has 0 aromatic rings. The van der Waals surface area contributed by atoms with E-state index in [0.29, 0.717) is 17.4 Å². The molecule has 1 unspecified atom stereocenters. The largest absolute Gasteiger partial charge is 0.498 e. The van der Waals surface area contributed by atoms with Crippen LogP contribution in [0.3, 0.4) is 0 Å². The van der Waals surface area contributed by atoms with Gasteiger partial charge in [-0.05, 0) is 76.5 Å². The molecule has 1 atom stereocenters. The first-order chi connectivity index (χ1) is 24.1. The summed E-state index contributed by atoms with van der Waals surface area (Å²) in [6.45, 7) is 8.36. The van der Waals surface area contributed by atoms with Crippen molar-refractivity contribution in [2.45, 2.75) is 168 Å². The van der Waals surface area contributed by atoms with Crippen molar-refractivity contribution < 1.29 is 9.47 Å². The second kappa shape index (κ2) is 40.8. The van der Waals surface area contributed by atoms with E-state index in [4.69, 9.17) is 20.9 Å². The van der Waals surface area contributed by atoms with Crippen LogP contribution in [-0.4, -0.2) is 24.7 Å². The molecule has 6 heteroatoms. The molecule has 4 N–H and O–H groups in total. The van der Waals surface area contributed by atoms with E-state index < -0.39 is 0 Å². The summed E-state index contributed by atoms with van der Waals surface area (Å²) < 4.78 is 12.1. The second-order valence-electron chi connectivity index (χ2n) is 13.3. The molecule has 0 aliphatic heterocycles. The summed E-state index contributed by atoms with van der Waals surface area (Å²) in [6, 6.07) is 0. The number of rotatable bonds is 37. The maximum atomic E-state index is 6.14. The van der Waals surface area contributed by atoms with Gasteiger partial charge >= 0.3 is 0 Å². The van der Waals surface area contributed by atoms with E-state index in [1.807, 2.05) is 6.26 Å². The third-order valence-electron chi connectivity index (χ3n) is 8.37. The molecule has 284 valence electrons. The molecule has 0 radical (unpaired) electrons. The minimum absolute atomic E-state index is 0.702. The van der Waals surface area contributed by atoms with Crippen LogP contribution in [0, 0.1) is 5.92 Å². The fourth-order valence-electron chi connectivity index (χ4n) is 5.19. The van der Waals surface area contributed by atoms with Crippen LogP contribution in [0.4, 0.5) is 0 Å². The average Bonchev–Trinajstić information content (AvgIpc) is 3.11. The van der Waals surface area contributed by atoms with Gasteiger partial charge in [-0.15, -0.1) is 0 Å². The first kappa shape index (κ1) is 47.3. The van der Waals surface area contributed by atoms with E-state index in [9.17, 15) is 0 Å². The smallest absolute Gasteiger partial charge is 0.141 e. The van der Waals surface area contributed by atoms with Crippen LogP contribution in [-0.2, 0) is 9.47 Å². The standard InChI is InChI=1S/C43H78N2O2S2/c1-4-6-8-9-10-11-12-13-14-15-16-20-23-26-29-32-36-47-43(40-49-48-39-42(45)37-44)38-46-35-31-28-25-22-19-17-18-21-24-27-30-34-41(3)33-7-5-2/h10-11,13-14,21,24,30,34,37-38,41H,4-9,12,15-20,22-23,25-29,31-33,35-36,39-40,44-45H2,1-3H3/b11-10-,14-13-,24-21-,34-30-,42-37-,43-38-. The highest BCUT2D eigenvalue weighted by molar-refractivity contribution is 8.76. The van der Waals surface area contributed by atoms with Crippen molar-refractivity contribution in [3.05, 3.63) is 72.5 Å². The van der Waals surface area contributed by atoms with Crippen LogP contribution < -0.4 is 11.5 Å². The first-order valence-electron chi connectivity index (χ1n) is 20.1. The Bertz CT molecular complexity index is 866. The normalized spacial score (nSPS) is 13.5. The van der Waals surface area contributed by atoms with Gasteiger partial charge in [0.1, 0.15) is 12.0 Å². The first-order valence-corrected chi connectivity index (χ1v) is 22.6. The highest BCUT2D eigenvalue weighted by Crippen LogP contribution is 2.25. The predicted molar refractivity (Wildman–Crippen MR) is 225 cm³/mol. The summed E-state index contributed by atoms with van der Waals surface area (Å²) in [5, 5.41) is 0. The number of ether oxygens (including phenoxy) is 2. The van der Waals surface area contributed by atoms with Gasteiger partial charge in [0.05, 0.1) is 19.0 Å². The molecule has 0 rings (SSSR count). The molecular weight excluding hydrogens is 641 g/mol. The third-order valence-corrected chi connectivity index (χ3v) is 10.6. The Kier molecular flexibility index (Phi) is 39.4. The van der Waals surface area contributed by atoms with Crippen LogP contribution in [0.2, 0.25) is 0 Å². The van der Waals surface area contributed by atoms with Crippen molar-refractivity contribution in [3.63, 3.8) is 0 Å². The molecule has 0 aliphatic rings. The average molecular weight is 719 g/mol. The molecule has 0 aromatic heterocycles. The number of hydrogen-bond acceptors (Lipinski definition) is 6. The monoisotopic (exact) mass is 719 g/mol. The van der Waals surface area contributed by atoms with Crippen molar-refractivity contribution in [1.29, 1.82) is 0 Å². The fourth-order valence-corrected chi connectivity index (χ4v) is 7.12. The van der Waals surface area contributed by atoms with Crippen LogP contribution in [0.5, 0.6) is 0 Å². The Balaban J connectivity index is 3.98. The lowest BCUT2D eigenvalue weighted by Crippen LogP contribution is -2.03. The van der Waals surface area contributed by atoms with Crippen molar-refractivity contribution in [2.75, 3.05) is 24.7 Å². The fraction of sp³-hybridized carbons (Fsp3) is 0.721. The SMILES string of the molecule is CCCCC/C=C\C/C=C\CCCCCCCCO/C(=C\OCCCCCCCC/C=C\C/C=C\C(C)CCCC)CSSC/C(N)=C/N. The van der Waals surface area contributed by atoms with Crippen molar-refractivity contribution >= 4 is 21.6 Å². The predicted octanol–water partition coefficient (Wildman–Crippen LogP) is 13.9. The van der Waals surface area contributed by atoms with Crippen molar-refractivity contribution in [3.8, 4) is 0 Å². The van der Waals surface area contributed by atoms with E-state index in [1.165, 1.54) is 128 Å². The summed E-state index contributed by atoms with van der Waals surface area (Å²) in [5.74, 6) is 3.12. The summed E-state index contributed by atoms with van der Waals surface area (Å²) in [6.07, 6.45) is 50.8. The van der Waals surface area contributed by atoms with Gasteiger partial charge in [0.2, 0.25) is 0 Å². The molecule has 0 bridgehead atoms. The summed E-state index contributed by atoms with van der Waals surface area (Å²) in [4.78, 5) is 0. The molecule has 0 fully saturated rings. The Morgan fingerprint density at radius 3 is 1.69 bits per heavy atom. The second-order valence-corrected chi connectivity index (χ2v) is 15.8. The van der Waals surface area contributed by atoms with Crippen molar-refractivity contribution in [1.82, 2.24) is 0 Å². The van der Waals surface area contributed by atoms with Gasteiger partial charge in [-0.3, -0.25) is 0 Å². The molecule has 0 amide bonds. The molecule has 0 saturated heterocycles. The molecule has 0 heterocycles. The third kappa shape index (κ3) is 39.0. The van der Waals surface area contributed by atoms with E-state index in [-0.39, 0.29) is 0 Å². The molecule has 0 spiro atoms. The van der Waals surface area contributed by atoms with Gasteiger partial charge in [-0.1, -0.05) is 168 Å². The summed E-state index contributed by atoms with van der Waals surface area (Å²) in [7, 11) is 3.43. The zero-order valence-corrected chi connectivity index (χ0v) is 33.9. The van der Waals surface area contributed by atoms with Crippen molar-refractivity contribution in [2.24, 2.45) is 17.4 Å². The Morgan fingerprint density at radius 2 is 1.10 bits per heavy atom. The number of nitrogens with two attached hydrogens (primary N) is 2. The van der Waals surface area contributed by atoms with Crippen LogP contribution in [0.1, 0.15) is 168 Å². The Labute approximate surface area is 312 Å². The van der Waals surface area contributed by atoms with Crippen LogP contribution in [0.15, 0.2) is 72.5 Å². The molecule has 49 heavy (non-hydrogen) atoms. The molecule has 0 saturated carbocycles. The molecule has 0 aliphatic carbocycles. The highest BCUT2D eigenvalue weighted by atomic mass is 33.1. The lowest BCUT2D eigenvalue weighted by molar-refractivity contribution is 0.173. The molecular formula is C43H78N2O2S2. The number of hydrogen-bond donors (Lipinski definition) is 2. The number of allylic oxidation sites excluding steroid dienone is 8. The molecule has 0 aromatic carbocycles. The minimum Gasteiger partial charge on any atom is -0.498 e. The van der Waals surface area contributed by atoms with Gasteiger partial charge in [0, 0.05) is 17.6 Å². The zero-order chi connectivity index (χ0) is 35.7. The van der Waals surface area contributed by atoms with Crippen LogP contribution >= 0.6 is 21.6 Å². The summed E-state index contributed by atoms with van der Waals surface area (Å²) >= 11 is 0. The van der Waals surface area contributed by atoms with E-state index in [2.05, 4.69) is 69.4 Å². The quantitative estimate of drug-likeness (QED) is 0.0288. The zero-order valence-electron chi connectivity index (χ0n) is 32.2. The van der Waals surface area contributed by atoms with Gasteiger partial charge in [0.25, 0.3) is 0 Å². The topological polar surface area (TPSA) is 70.5 Å². The van der Waals surface area contributed by atoms with E-state index >= 15 is 0 Å². The molecule has 4 nitrogen and oxygen atoms in total. The maximum absolute atomic E-state index is 6.14. The van der Waals surface area contributed by atoms with Gasteiger partial charge in [-0.2, -0.15) is 0 Å². The van der Waals surface area contributed by atoms with Gasteiger partial charge in [-0.25, -0.2) is 0 Å². The van der Waals surface area contributed by atoms with Gasteiger partial charge in [0.15, 0.2) is 0 Å². The number of unbranched alkanes of at least 4 members (excludes halogenated alkanes) is 16. The Hall–Kier alpha value is -1.66. The van der Waals surface area contributed by atoms with E-state index in [0.717, 1.165) is 50.4 Å². The lowest BCUT2D eigenvalue weighted by Gasteiger charge is -2.11. The highest BCUT2D eigenvalue weighted by Gasteiger charge is 2.03. The van der Waals surface area contributed by atoms with Gasteiger partial charge < -0.3 is 20.9 Å². The maximum Gasteiger partial charge on any atom is 0.141 e. The Morgan fingerprint density at radius 1 is 0.592 bits per heavy atom. The summed E-state index contributed by atoms with van der Waals surface area (Å²) in [5.41, 5.74) is 12.0. The van der Waals surface area contributed by atoms with Crippen LogP contribution in [0.25, 0.3) is 0 Å². The minimum atomic E-state index is 0.702. The lowest BCUT2D eigenvalue weighted by atomic mass is 10.0. The van der Waals surface area contributed by atoms with E-state index in [1.54, 1.807) is 21.6 Å².